The van der Waals surface area contributed by atoms with Crippen LogP contribution in [0.1, 0.15) is 18.9 Å². The van der Waals surface area contributed by atoms with Gasteiger partial charge in [0.15, 0.2) is 0 Å². The molecule has 1 unspecified atom stereocenters. The lowest BCUT2D eigenvalue weighted by molar-refractivity contribution is -0.126. The average molecular weight is 369 g/mol. The zero-order chi connectivity index (χ0) is 18.4. The average Bonchev–Trinajstić information content (AvgIpc) is 3.07. The minimum absolute atomic E-state index is 0.0245. The summed E-state index contributed by atoms with van der Waals surface area (Å²) >= 11 is 1.72. The molecule has 1 heterocycles. The number of benzene rings is 2. The molecule has 0 spiro atoms. The number of rotatable bonds is 7. The van der Waals surface area contributed by atoms with Crippen molar-refractivity contribution in [3.63, 3.8) is 0 Å². The first-order valence-electron chi connectivity index (χ1n) is 9.03. The van der Waals surface area contributed by atoms with Gasteiger partial charge in [-0.2, -0.15) is 0 Å². The number of hydrogen-bond acceptors (Lipinski definition) is 3. The van der Waals surface area contributed by atoms with Crippen molar-refractivity contribution < 1.29 is 9.59 Å². The second-order valence-corrected chi connectivity index (χ2v) is 7.51. The van der Waals surface area contributed by atoms with Gasteiger partial charge in [0.25, 0.3) is 0 Å². The first-order valence-corrected chi connectivity index (χ1v) is 10.0. The Morgan fingerprint density at radius 3 is 2.65 bits per heavy atom. The fraction of sp³-hybridized carbons (Fsp3) is 0.333. The van der Waals surface area contributed by atoms with Crippen LogP contribution in [0.15, 0.2) is 59.5 Å². The largest absolute Gasteiger partial charge is 0.355 e. The van der Waals surface area contributed by atoms with Crippen LogP contribution in [0.3, 0.4) is 0 Å². The highest BCUT2D eigenvalue weighted by Gasteiger charge is 2.35. The predicted molar refractivity (Wildman–Crippen MR) is 106 cm³/mol. The van der Waals surface area contributed by atoms with Gasteiger partial charge in [-0.05, 0) is 30.2 Å². The Bertz CT molecular complexity index is 764. The van der Waals surface area contributed by atoms with Crippen LogP contribution in [0, 0.1) is 5.92 Å². The maximum atomic E-state index is 12.4. The number of anilines is 1. The molecule has 0 aliphatic carbocycles. The molecule has 1 aliphatic rings. The summed E-state index contributed by atoms with van der Waals surface area (Å²) in [5.41, 5.74) is 2.08. The third-order valence-corrected chi connectivity index (χ3v) is 5.59. The molecule has 1 N–H and O–H groups in total. The Morgan fingerprint density at radius 1 is 1.15 bits per heavy atom. The van der Waals surface area contributed by atoms with E-state index >= 15 is 0 Å². The van der Waals surface area contributed by atoms with E-state index < -0.39 is 0 Å². The van der Waals surface area contributed by atoms with Gasteiger partial charge in [-0.1, -0.05) is 43.3 Å². The summed E-state index contributed by atoms with van der Waals surface area (Å²) in [7, 11) is 0. The van der Waals surface area contributed by atoms with Gasteiger partial charge in [0.2, 0.25) is 11.8 Å². The molecular formula is C21H24N2O2S. The van der Waals surface area contributed by atoms with E-state index in [-0.39, 0.29) is 24.2 Å². The number of carbonyl (C=O) groups excluding carboxylic acids is 2. The summed E-state index contributed by atoms with van der Waals surface area (Å²) in [6.07, 6.45) is 1.16. The lowest BCUT2D eigenvalue weighted by Gasteiger charge is -2.20. The van der Waals surface area contributed by atoms with Gasteiger partial charge in [-0.3, -0.25) is 9.59 Å². The van der Waals surface area contributed by atoms with Crippen molar-refractivity contribution in [1.29, 1.82) is 0 Å². The van der Waals surface area contributed by atoms with E-state index in [1.165, 1.54) is 4.90 Å². The van der Waals surface area contributed by atoms with Gasteiger partial charge in [-0.15, -0.1) is 11.8 Å². The molecule has 26 heavy (non-hydrogen) atoms. The fourth-order valence-electron chi connectivity index (χ4n) is 3.19. The second kappa shape index (κ2) is 8.90. The van der Waals surface area contributed by atoms with Crippen LogP contribution in [-0.2, 0) is 16.0 Å². The molecule has 0 bridgehead atoms. The van der Waals surface area contributed by atoms with Gasteiger partial charge in [0.1, 0.15) is 0 Å². The van der Waals surface area contributed by atoms with E-state index in [1.807, 2.05) is 42.5 Å². The van der Waals surface area contributed by atoms with Crippen LogP contribution in [0.4, 0.5) is 5.69 Å². The normalized spacial score (nSPS) is 16.7. The number of hydrogen-bond donors (Lipinski definition) is 1. The van der Waals surface area contributed by atoms with Gasteiger partial charge in [0.05, 0.1) is 5.92 Å². The number of aryl methyl sites for hydroxylation is 1. The molecule has 2 aromatic carbocycles. The smallest absolute Gasteiger partial charge is 0.227 e. The van der Waals surface area contributed by atoms with Crippen LogP contribution >= 0.6 is 11.8 Å². The molecule has 3 rings (SSSR count). The van der Waals surface area contributed by atoms with E-state index in [1.54, 1.807) is 16.7 Å². The lowest BCUT2D eigenvalue weighted by Crippen LogP contribution is -2.34. The summed E-state index contributed by atoms with van der Waals surface area (Å²) in [6.45, 7) is 3.15. The lowest BCUT2D eigenvalue weighted by atomic mass is 10.1. The highest BCUT2D eigenvalue weighted by molar-refractivity contribution is 7.99. The third-order valence-electron chi connectivity index (χ3n) is 4.57. The van der Waals surface area contributed by atoms with Gasteiger partial charge in [0, 0.05) is 35.8 Å². The number of thioether (sulfide) groups is 1. The monoisotopic (exact) mass is 368 g/mol. The van der Waals surface area contributed by atoms with Crippen LogP contribution in [0.5, 0.6) is 0 Å². The molecule has 2 amide bonds. The Labute approximate surface area is 159 Å². The zero-order valence-electron chi connectivity index (χ0n) is 15.0. The molecule has 2 aromatic rings. The number of amides is 2. The second-order valence-electron chi connectivity index (χ2n) is 6.34. The van der Waals surface area contributed by atoms with Crippen LogP contribution < -0.4 is 10.2 Å². The summed E-state index contributed by atoms with van der Waals surface area (Å²) in [6, 6.07) is 18.1. The molecule has 1 fully saturated rings. The molecule has 1 atom stereocenters. The van der Waals surface area contributed by atoms with Crippen molar-refractivity contribution in [3.05, 3.63) is 60.2 Å². The predicted octanol–water partition coefficient (Wildman–Crippen LogP) is 3.51. The molecule has 0 aromatic heterocycles. The molecule has 1 aliphatic heterocycles. The fourth-order valence-corrected chi connectivity index (χ4v) is 3.98. The Balaban J connectivity index is 1.51. The Kier molecular flexibility index (Phi) is 6.34. The van der Waals surface area contributed by atoms with Crippen molar-refractivity contribution in [2.24, 2.45) is 5.92 Å². The van der Waals surface area contributed by atoms with Gasteiger partial charge in [-0.25, -0.2) is 0 Å². The standard InChI is InChI=1S/C21H24N2O2S/c1-2-16-8-6-7-11-19(16)23-15-17(14-20(23)24)21(25)22-12-13-26-18-9-4-3-5-10-18/h3-11,17H,2,12-15H2,1H3,(H,22,25). The molecule has 5 heteroatoms. The quantitative estimate of drug-likeness (QED) is 0.601. The Morgan fingerprint density at radius 2 is 1.88 bits per heavy atom. The molecule has 0 saturated carbocycles. The van der Waals surface area contributed by atoms with Crippen LogP contribution in [0.25, 0.3) is 0 Å². The first kappa shape index (κ1) is 18.5. The Hall–Kier alpha value is -2.27. The minimum Gasteiger partial charge on any atom is -0.355 e. The minimum atomic E-state index is -0.269. The number of para-hydroxylation sites is 1. The number of nitrogens with zero attached hydrogens (tertiary/aromatic N) is 1. The van der Waals surface area contributed by atoms with Gasteiger partial charge < -0.3 is 10.2 Å². The van der Waals surface area contributed by atoms with Crippen molar-refractivity contribution in [2.45, 2.75) is 24.7 Å². The summed E-state index contributed by atoms with van der Waals surface area (Å²) in [5, 5.41) is 2.98. The molecular weight excluding hydrogens is 344 g/mol. The van der Waals surface area contributed by atoms with E-state index in [2.05, 4.69) is 24.4 Å². The van der Waals surface area contributed by atoms with Crippen molar-refractivity contribution >= 4 is 29.3 Å². The first-order chi connectivity index (χ1) is 12.7. The SMILES string of the molecule is CCc1ccccc1N1CC(C(=O)NCCSc2ccccc2)CC1=O. The maximum Gasteiger partial charge on any atom is 0.227 e. The maximum absolute atomic E-state index is 12.4. The molecule has 1 saturated heterocycles. The van der Waals surface area contributed by atoms with E-state index in [4.69, 9.17) is 0 Å². The summed E-state index contributed by atoms with van der Waals surface area (Å²) in [5.74, 6) is 0.557. The van der Waals surface area contributed by atoms with Crippen LogP contribution in [-0.4, -0.2) is 30.7 Å². The highest BCUT2D eigenvalue weighted by atomic mass is 32.2. The van der Waals surface area contributed by atoms with Crippen molar-refractivity contribution in [3.8, 4) is 0 Å². The molecule has 4 nitrogen and oxygen atoms in total. The summed E-state index contributed by atoms with van der Waals surface area (Å²) < 4.78 is 0. The van der Waals surface area contributed by atoms with E-state index in [0.29, 0.717) is 13.1 Å². The van der Waals surface area contributed by atoms with E-state index in [0.717, 1.165) is 23.4 Å². The third kappa shape index (κ3) is 4.47. The van der Waals surface area contributed by atoms with Gasteiger partial charge >= 0.3 is 0 Å². The molecule has 136 valence electrons. The topological polar surface area (TPSA) is 49.4 Å². The van der Waals surface area contributed by atoms with Crippen LogP contribution in [0.2, 0.25) is 0 Å². The number of nitrogens with one attached hydrogen (secondary N) is 1. The van der Waals surface area contributed by atoms with Crippen molar-refractivity contribution in [2.75, 3.05) is 23.7 Å². The van der Waals surface area contributed by atoms with E-state index in [9.17, 15) is 9.59 Å². The molecule has 0 radical (unpaired) electrons. The zero-order valence-corrected chi connectivity index (χ0v) is 15.8. The summed E-state index contributed by atoms with van der Waals surface area (Å²) in [4.78, 5) is 27.8. The highest BCUT2D eigenvalue weighted by Crippen LogP contribution is 2.28. The number of carbonyl (C=O) groups is 2. The van der Waals surface area contributed by atoms with Crippen molar-refractivity contribution in [1.82, 2.24) is 5.32 Å².